The molecule has 10 atom stereocenters. The van der Waals surface area contributed by atoms with Crippen molar-refractivity contribution in [2.24, 2.45) is 11.8 Å². The first-order chi connectivity index (χ1) is 24.4. The summed E-state index contributed by atoms with van der Waals surface area (Å²) in [5, 5.41) is 36.5. The Balaban J connectivity index is 1.10. The van der Waals surface area contributed by atoms with Gasteiger partial charge < -0.3 is 50.0 Å². The quantitative estimate of drug-likeness (QED) is 0.182. The van der Waals surface area contributed by atoms with Crippen molar-refractivity contribution in [2.75, 3.05) is 75.1 Å². The summed E-state index contributed by atoms with van der Waals surface area (Å²) in [7, 11) is 0. The summed E-state index contributed by atoms with van der Waals surface area (Å²) < 4.78 is 31.7. The lowest BCUT2D eigenvalue weighted by atomic mass is 9.86. The molecule has 4 fully saturated rings. The molecule has 286 valence electrons. The maximum atomic E-state index is 15.0. The zero-order valence-corrected chi connectivity index (χ0v) is 30.9. The van der Waals surface area contributed by atoms with E-state index >= 15 is 0 Å². The number of carbonyl (C=O) groups is 3. The predicted molar refractivity (Wildman–Crippen MR) is 190 cm³/mol. The van der Waals surface area contributed by atoms with Crippen LogP contribution < -0.4 is 20.4 Å². The second-order valence-corrected chi connectivity index (χ2v) is 15.4. The molecule has 1 aromatic carbocycles. The monoisotopic (exact) mass is 759 g/mol. The van der Waals surface area contributed by atoms with Crippen LogP contribution in [0.2, 0.25) is 0 Å². The van der Waals surface area contributed by atoms with Gasteiger partial charge in [0, 0.05) is 39.1 Å². The molecule has 1 aromatic rings. The van der Waals surface area contributed by atoms with E-state index in [-0.39, 0.29) is 37.2 Å². The Kier molecular flexibility index (Phi) is 14.1. The van der Waals surface area contributed by atoms with Gasteiger partial charge in [0.05, 0.1) is 55.0 Å². The molecular weight excluding hydrogens is 709 g/mol. The molecule has 0 saturated carbocycles. The van der Waals surface area contributed by atoms with Crippen molar-refractivity contribution in [3.05, 3.63) is 24.0 Å². The number of nitrogens with one attached hydrogen (secondary N) is 2. The van der Waals surface area contributed by atoms with Crippen LogP contribution in [-0.4, -0.2) is 151 Å². The van der Waals surface area contributed by atoms with Crippen molar-refractivity contribution in [2.45, 2.75) is 80.5 Å². The Bertz CT molecular complexity index is 1360. The van der Waals surface area contributed by atoms with E-state index in [4.69, 9.17) is 25.8 Å². The van der Waals surface area contributed by atoms with E-state index in [1.54, 1.807) is 25.3 Å². The van der Waals surface area contributed by atoms with Crippen molar-refractivity contribution in [3.8, 4) is 0 Å². The van der Waals surface area contributed by atoms with E-state index < -0.39 is 65.2 Å². The summed E-state index contributed by atoms with van der Waals surface area (Å²) in [5.41, 5.74) is 0.0394. The van der Waals surface area contributed by atoms with Crippen molar-refractivity contribution in [1.29, 1.82) is 0 Å². The SMILES string of the molecule is CCC1CC(C(=O)NC(C(C)Cl)C2O[C@H](SC)C(O)[C@H](O)[C@H]2O)CN(CCC(=O)NC[C@H]2CN(c3ccc(N4CCOCC4)c(F)c3)C(=O)O2)C1. The van der Waals surface area contributed by atoms with Gasteiger partial charge in [-0.3, -0.25) is 14.5 Å². The number of ether oxygens (including phenoxy) is 3. The first kappa shape index (κ1) is 39.8. The number of nitrogens with zero attached hydrogens (tertiary/aromatic N) is 3. The fourth-order valence-corrected chi connectivity index (χ4v) is 8.10. The number of aliphatic hydroxyl groups excluding tert-OH is 3. The van der Waals surface area contributed by atoms with Crippen LogP contribution in [0, 0.1) is 17.7 Å². The third-order valence-electron chi connectivity index (χ3n) is 10.2. The molecule has 4 heterocycles. The van der Waals surface area contributed by atoms with Crippen LogP contribution in [0.3, 0.4) is 0 Å². The number of cyclic esters (lactones) is 1. The number of thioether (sulfide) groups is 1. The average molecular weight is 760 g/mol. The number of anilines is 2. The van der Waals surface area contributed by atoms with Crippen LogP contribution in [0.1, 0.15) is 33.1 Å². The Labute approximate surface area is 307 Å². The van der Waals surface area contributed by atoms with Gasteiger partial charge in [0.2, 0.25) is 11.8 Å². The molecule has 4 aliphatic heterocycles. The normalized spacial score (nSPS) is 31.6. The van der Waals surface area contributed by atoms with Crippen LogP contribution in [0.15, 0.2) is 18.2 Å². The summed E-state index contributed by atoms with van der Waals surface area (Å²) >= 11 is 7.66. The molecule has 51 heavy (non-hydrogen) atoms. The van der Waals surface area contributed by atoms with E-state index in [1.165, 1.54) is 22.7 Å². The summed E-state index contributed by atoms with van der Waals surface area (Å²) in [6.07, 6.45) is -3.08. The summed E-state index contributed by atoms with van der Waals surface area (Å²) in [5.74, 6) is -1.12. The van der Waals surface area contributed by atoms with Crippen LogP contribution >= 0.6 is 23.4 Å². The molecule has 14 nitrogen and oxygen atoms in total. The van der Waals surface area contributed by atoms with Crippen molar-refractivity contribution in [3.63, 3.8) is 0 Å². The van der Waals surface area contributed by atoms with Gasteiger partial charge in [0.1, 0.15) is 41.8 Å². The molecule has 0 bridgehead atoms. The Morgan fingerprint density at radius 1 is 1.12 bits per heavy atom. The minimum atomic E-state index is -1.46. The Morgan fingerprint density at radius 3 is 2.53 bits per heavy atom. The highest BCUT2D eigenvalue weighted by Crippen LogP contribution is 2.32. The molecule has 4 aliphatic rings. The Hall–Kier alpha value is -2.44. The minimum Gasteiger partial charge on any atom is -0.442 e. The molecule has 5 rings (SSSR count). The van der Waals surface area contributed by atoms with Crippen LogP contribution in [0.4, 0.5) is 20.6 Å². The van der Waals surface area contributed by atoms with E-state index in [2.05, 4.69) is 22.5 Å². The number of alkyl halides is 1. The van der Waals surface area contributed by atoms with Gasteiger partial charge in [-0.05, 0) is 43.7 Å². The number of halogens is 2. The summed E-state index contributed by atoms with van der Waals surface area (Å²) in [4.78, 5) is 44.5. The van der Waals surface area contributed by atoms with Gasteiger partial charge >= 0.3 is 6.09 Å². The standard InChI is InChI=1S/C34H51ClFN5O9S/c1-4-20-13-21(32(46)38-27(19(2)35)31-29(44)28(43)30(45)33(50-31)51-3)17-39(16-20)8-7-26(42)37-15-23-18-41(34(47)49-23)22-5-6-25(24(36)14-22)40-9-11-48-12-10-40/h5-6,14,19-21,23,27-31,33,43-45H,4,7-13,15-18H2,1-3H3,(H,37,42)(H,38,46)/t19?,20?,21?,23-,27?,28+,29+,30?,31?,33+/m0/s1. The molecule has 6 unspecified atom stereocenters. The summed E-state index contributed by atoms with van der Waals surface area (Å²) in [6, 6.07) is 3.83. The summed E-state index contributed by atoms with van der Waals surface area (Å²) in [6.45, 7) is 7.78. The molecule has 0 aromatic heterocycles. The number of piperidine rings is 1. The number of likely N-dealkylation sites (tertiary alicyclic amines) is 1. The molecular formula is C34H51ClFN5O9S. The van der Waals surface area contributed by atoms with Gasteiger partial charge in [0.15, 0.2) is 0 Å². The number of amides is 3. The van der Waals surface area contributed by atoms with Gasteiger partial charge in [-0.1, -0.05) is 13.3 Å². The second kappa shape index (κ2) is 18.1. The number of morpholine rings is 1. The number of rotatable bonds is 13. The van der Waals surface area contributed by atoms with E-state index in [9.17, 15) is 34.1 Å². The number of hydrogen-bond acceptors (Lipinski definition) is 12. The molecule has 5 N–H and O–H groups in total. The highest BCUT2D eigenvalue weighted by Gasteiger charge is 2.48. The minimum absolute atomic E-state index is 0.105. The molecule has 4 saturated heterocycles. The number of carbonyl (C=O) groups excluding carboxylic acids is 3. The Morgan fingerprint density at radius 2 is 1.86 bits per heavy atom. The van der Waals surface area contributed by atoms with Gasteiger partial charge in [-0.2, -0.15) is 0 Å². The molecule has 17 heteroatoms. The molecule has 0 aliphatic carbocycles. The zero-order chi connectivity index (χ0) is 36.8. The largest absolute Gasteiger partial charge is 0.442 e. The van der Waals surface area contributed by atoms with Gasteiger partial charge in [0.25, 0.3) is 0 Å². The van der Waals surface area contributed by atoms with Gasteiger partial charge in [-0.25, -0.2) is 9.18 Å². The highest BCUT2D eigenvalue weighted by atomic mass is 35.5. The fourth-order valence-electron chi connectivity index (χ4n) is 7.22. The topological polar surface area (TPSA) is 173 Å². The lowest BCUT2D eigenvalue weighted by Crippen LogP contribution is -2.65. The van der Waals surface area contributed by atoms with E-state index in [0.717, 1.165) is 13.0 Å². The van der Waals surface area contributed by atoms with Crippen molar-refractivity contribution >= 4 is 52.6 Å². The van der Waals surface area contributed by atoms with E-state index in [0.29, 0.717) is 57.2 Å². The first-order valence-corrected chi connectivity index (χ1v) is 19.4. The number of hydrogen-bond donors (Lipinski definition) is 5. The lowest BCUT2D eigenvalue weighted by molar-refractivity contribution is -0.205. The van der Waals surface area contributed by atoms with Crippen LogP contribution in [0.25, 0.3) is 0 Å². The number of aliphatic hydroxyl groups is 3. The average Bonchev–Trinajstić information content (AvgIpc) is 3.51. The molecule has 3 amide bonds. The van der Waals surface area contributed by atoms with Crippen molar-refractivity contribution < 1.29 is 48.3 Å². The lowest BCUT2D eigenvalue weighted by Gasteiger charge is -2.44. The third-order valence-corrected chi connectivity index (χ3v) is 11.3. The maximum Gasteiger partial charge on any atom is 0.414 e. The highest BCUT2D eigenvalue weighted by molar-refractivity contribution is 7.99. The fraction of sp³-hybridized carbons (Fsp3) is 0.735. The number of benzene rings is 1. The predicted octanol–water partition coefficient (Wildman–Crippen LogP) is 1.12. The first-order valence-electron chi connectivity index (χ1n) is 17.7. The zero-order valence-electron chi connectivity index (χ0n) is 29.3. The second-order valence-electron chi connectivity index (χ2n) is 13.8. The molecule has 0 radical (unpaired) electrons. The van der Waals surface area contributed by atoms with Crippen LogP contribution in [-0.2, 0) is 23.8 Å². The smallest absolute Gasteiger partial charge is 0.414 e. The molecule has 0 spiro atoms. The van der Waals surface area contributed by atoms with E-state index in [1.807, 2.05) is 4.90 Å². The van der Waals surface area contributed by atoms with Crippen molar-refractivity contribution in [1.82, 2.24) is 15.5 Å². The maximum absolute atomic E-state index is 15.0. The van der Waals surface area contributed by atoms with Crippen LogP contribution in [0.5, 0.6) is 0 Å². The van der Waals surface area contributed by atoms with Gasteiger partial charge in [-0.15, -0.1) is 23.4 Å². The third kappa shape index (κ3) is 9.76.